The summed E-state index contributed by atoms with van der Waals surface area (Å²) in [5.41, 5.74) is 0.602. The van der Waals surface area contributed by atoms with E-state index in [0.717, 1.165) is 0 Å². The van der Waals surface area contributed by atoms with Crippen molar-refractivity contribution in [3.8, 4) is 0 Å². The van der Waals surface area contributed by atoms with Crippen LogP contribution in [0.15, 0.2) is 14.3 Å². The van der Waals surface area contributed by atoms with E-state index in [0.29, 0.717) is 11.5 Å². The van der Waals surface area contributed by atoms with Gasteiger partial charge in [0.25, 0.3) is 0 Å². The maximum atomic E-state index is 3.60. The Balaban J connectivity index is 1.88. The van der Waals surface area contributed by atoms with E-state index in [1.807, 2.05) is 11.3 Å². The Morgan fingerprint density at radius 3 is 2.50 bits per heavy atom. The second kappa shape index (κ2) is 7.75. The minimum Gasteiger partial charge on any atom is -0.315 e. The Morgan fingerprint density at radius 2 is 1.95 bits per heavy atom. The summed E-state index contributed by atoms with van der Waals surface area (Å²) in [6, 6.07) is 2.89. The van der Waals surface area contributed by atoms with Crippen LogP contribution in [0, 0.1) is 5.41 Å². The molecule has 4 heteroatoms. The van der Waals surface area contributed by atoms with Crippen molar-refractivity contribution < 1.29 is 0 Å². The first-order valence-electron chi connectivity index (χ1n) is 7.68. The third kappa shape index (κ3) is 4.82. The van der Waals surface area contributed by atoms with Gasteiger partial charge in [-0.3, -0.25) is 0 Å². The number of hydrogen-bond donors (Lipinski definition) is 1. The molecule has 0 amide bonds. The van der Waals surface area contributed by atoms with E-state index < -0.39 is 0 Å². The lowest BCUT2D eigenvalue weighted by Crippen LogP contribution is -2.29. The average Bonchev–Trinajstić information content (AvgIpc) is 2.96. The quantitative estimate of drug-likeness (QED) is 0.555. The van der Waals surface area contributed by atoms with Crippen LogP contribution in [0.25, 0.3) is 0 Å². The van der Waals surface area contributed by atoms with Gasteiger partial charge < -0.3 is 5.32 Å². The molecule has 114 valence electrons. The highest BCUT2D eigenvalue weighted by atomic mass is 79.9. The van der Waals surface area contributed by atoms with Gasteiger partial charge in [0.05, 0.1) is 3.79 Å². The van der Waals surface area contributed by atoms with Crippen LogP contribution in [0.4, 0.5) is 0 Å². The van der Waals surface area contributed by atoms with Crippen molar-refractivity contribution in [3.63, 3.8) is 0 Å². The van der Waals surface area contributed by atoms with Gasteiger partial charge in [0, 0.05) is 15.4 Å². The van der Waals surface area contributed by atoms with Crippen molar-refractivity contribution in [1.82, 2.24) is 5.32 Å². The minimum absolute atomic E-state index is 0.602. The number of aryl methyl sites for hydroxylation is 1. The largest absolute Gasteiger partial charge is 0.315 e. The summed E-state index contributed by atoms with van der Waals surface area (Å²) in [6.07, 6.45) is 9.65. The van der Waals surface area contributed by atoms with E-state index in [9.17, 15) is 0 Å². The van der Waals surface area contributed by atoms with E-state index in [1.54, 1.807) is 0 Å². The third-order valence-electron chi connectivity index (χ3n) is 4.47. The van der Waals surface area contributed by atoms with Gasteiger partial charge in [-0.15, -0.1) is 11.3 Å². The van der Waals surface area contributed by atoms with Crippen molar-refractivity contribution in [2.75, 3.05) is 6.54 Å². The minimum atomic E-state index is 0.602. The Hall–Kier alpha value is 0.620. The number of rotatable bonds is 7. The highest BCUT2D eigenvalue weighted by Crippen LogP contribution is 2.45. The zero-order valence-corrected chi connectivity index (χ0v) is 16.5. The van der Waals surface area contributed by atoms with Gasteiger partial charge in [-0.1, -0.05) is 26.7 Å². The Morgan fingerprint density at radius 1 is 1.25 bits per heavy atom. The molecule has 1 nitrogen and oxygen atoms in total. The molecule has 2 rings (SSSR count). The van der Waals surface area contributed by atoms with Crippen molar-refractivity contribution >= 4 is 43.2 Å². The zero-order valence-electron chi connectivity index (χ0n) is 12.5. The highest BCUT2D eigenvalue weighted by molar-refractivity contribution is 9.13. The maximum absolute atomic E-state index is 3.60. The maximum Gasteiger partial charge on any atom is 0.0843 e. The number of halogens is 2. The molecule has 1 saturated carbocycles. The molecule has 0 atom stereocenters. The fraction of sp³-hybridized carbons (Fsp3) is 0.750. The molecule has 0 bridgehead atoms. The van der Waals surface area contributed by atoms with Crippen LogP contribution in [-0.2, 0) is 6.42 Å². The molecular weight excluding hydrogens is 398 g/mol. The molecule has 0 aliphatic heterocycles. The smallest absolute Gasteiger partial charge is 0.0843 e. The van der Waals surface area contributed by atoms with Crippen molar-refractivity contribution in [2.45, 2.75) is 64.8 Å². The summed E-state index contributed by atoms with van der Waals surface area (Å²) in [7, 11) is 0. The lowest BCUT2D eigenvalue weighted by molar-refractivity contribution is 0.243. The van der Waals surface area contributed by atoms with E-state index in [4.69, 9.17) is 0 Å². The van der Waals surface area contributed by atoms with Gasteiger partial charge in [0.2, 0.25) is 0 Å². The number of hydrogen-bond acceptors (Lipinski definition) is 2. The zero-order chi connectivity index (χ0) is 14.6. The summed E-state index contributed by atoms with van der Waals surface area (Å²) in [6.45, 7) is 5.65. The van der Waals surface area contributed by atoms with Crippen LogP contribution in [0.3, 0.4) is 0 Å². The molecule has 0 saturated heterocycles. The van der Waals surface area contributed by atoms with Crippen LogP contribution >= 0.6 is 43.2 Å². The first-order valence-corrected chi connectivity index (χ1v) is 10.1. The lowest BCUT2D eigenvalue weighted by Gasteiger charge is -2.29. The lowest BCUT2D eigenvalue weighted by atomic mass is 9.78. The highest BCUT2D eigenvalue weighted by Gasteiger charge is 2.33. The first-order chi connectivity index (χ1) is 9.51. The summed E-state index contributed by atoms with van der Waals surface area (Å²) in [4.78, 5) is 1.51. The standard InChI is InChI=1S/C16H25Br2NS/c1-12(2)19-10-9-16(6-3-4-7-16)8-5-13-11-14(17)15(18)20-13/h11-12,19H,3-10H2,1-2H3. The molecule has 0 unspecified atom stereocenters. The summed E-state index contributed by atoms with van der Waals surface area (Å²) < 4.78 is 2.44. The van der Waals surface area contributed by atoms with Gasteiger partial charge in [0.1, 0.15) is 0 Å². The Bertz CT molecular complexity index is 403. The van der Waals surface area contributed by atoms with Crippen LogP contribution in [0.5, 0.6) is 0 Å². The Kier molecular flexibility index (Phi) is 6.58. The van der Waals surface area contributed by atoms with Gasteiger partial charge in [-0.25, -0.2) is 0 Å². The molecule has 0 spiro atoms. The van der Waals surface area contributed by atoms with Crippen molar-refractivity contribution in [2.24, 2.45) is 5.41 Å². The van der Waals surface area contributed by atoms with E-state index in [1.165, 1.54) is 64.6 Å². The SMILES string of the molecule is CC(C)NCCC1(CCc2cc(Br)c(Br)s2)CCCC1. The molecule has 1 aromatic rings. The molecular formula is C16H25Br2NS. The van der Waals surface area contributed by atoms with Crippen LogP contribution in [-0.4, -0.2) is 12.6 Å². The van der Waals surface area contributed by atoms with Crippen LogP contribution in [0.2, 0.25) is 0 Å². The summed E-state index contributed by atoms with van der Waals surface area (Å²) >= 11 is 9.08. The van der Waals surface area contributed by atoms with Gasteiger partial charge in [-0.2, -0.15) is 0 Å². The number of nitrogens with one attached hydrogen (secondary N) is 1. The van der Waals surface area contributed by atoms with E-state index in [-0.39, 0.29) is 0 Å². The van der Waals surface area contributed by atoms with E-state index in [2.05, 4.69) is 57.1 Å². The van der Waals surface area contributed by atoms with Gasteiger partial charge >= 0.3 is 0 Å². The van der Waals surface area contributed by atoms with Gasteiger partial charge in [-0.05, 0) is 82.0 Å². The topological polar surface area (TPSA) is 12.0 Å². The number of thiophene rings is 1. The molecule has 20 heavy (non-hydrogen) atoms. The second-order valence-electron chi connectivity index (χ2n) is 6.40. The molecule has 0 radical (unpaired) electrons. The van der Waals surface area contributed by atoms with Crippen molar-refractivity contribution in [1.29, 1.82) is 0 Å². The molecule has 0 aromatic carbocycles. The molecule has 1 aliphatic carbocycles. The second-order valence-corrected chi connectivity index (χ2v) is 9.71. The average molecular weight is 423 g/mol. The monoisotopic (exact) mass is 421 g/mol. The van der Waals surface area contributed by atoms with Crippen LogP contribution in [0.1, 0.15) is 57.2 Å². The fourth-order valence-corrected chi connectivity index (χ4v) is 5.46. The molecule has 1 fully saturated rings. The third-order valence-corrected chi connectivity index (χ3v) is 7.79. The summed E-state index contributed by atoms with van der Waals surface area (Å²) in [5.74, 6) is 0. The normalized spacial score (nSPS) is 18.1. The summed E-state index contributed by atoms with van der Waals surface area (Å²) in [5, 5.41) is 3.60. The molecule has 1 heterocycles. The van der Waals surface area contributed by atoms with E-state index >= 15 is 0 Å². The first kappa shape index (κ1) is 17.0. The predicted molar refractivity (Wildman–Crippen MR) is 96.7 cm³/mol. The van der Waals surface area contributed by atoms with Crippen LogP contribution < -0.4 is 5.32 Å². The fourth-order valence-electron chi connectivity index (χ4n) is 3.28. The predicted octanol–water partition coefficient (Wildman–Crippen LogP) is 6.15. The molecule has 1 aliphatic rings. The van der Waals surface area contributed by atoms with Gasteiger partial charge in [0.15, 0.2) is 0 Å². The Labute approximate surface area is 144 Å². The molecule has 1 aromatic heterocycles. The van der Waals surface area contributed by atoms with Crippen molar-refractivity contribution in [3.05, 3.63) is 19.2 Å². The molecule has 1 N–H and O–H groups in total.